The second kappa shape index (κ2) is 5.91. The van der Waals surface area contributed by atoms with Crippen molar-refractivity contribution < 1.29 is 9.31 Å². The second-order valence-corrected chi connectivity index (χ2v) is 6.82. The third-order valence-electron chi connectivity index (χ3n) is 4.83. The Morgan fingerprint density at radius 3 is 2.33 bits per heavy atom. The molecular weight excluding hydrogens is 288 g/mol. The lowest BCUT2D eigenvalue weighted by molar-refractivity contribution is 0.00578. The van der Waals surface area contributed by atoms with Gasteiger partial charge in [0.2, 0.25) is 0 Å². The van der Waals surface area contributed by atoms with Crippen molar-refractivity contribution in [1.29, 1.82) is 0 Å². The molecule has 2 aliphatic rings. The van der Waals surface area contributed by atoms with Gasteiger partial charge in [0.15, 0.2) is 0 Å². The molecule has 3 heterocycles. The topological polar surface area (TPSA) is 48.3 Å². The van der Waals surface area contributed by atoms with E-state index in [-0.39, 0.29) is 30.7 Å². The van der Waals surface area contributed by atoms with E-state index in [2.05, 4.69) is 49.0 Å². The van der Waals surface area contributed by atoms with Gasteiger partial charge in [-0.3, -0.25) is 4.68 Å². The van der Waals surface area contributed by atoms with E-state index in [1.165, 1.54) is 0 Å². The standard InChI is InChI=1S/C14H24BN3O2.ClH/c1-13(2)14(3,4)20-15(19-13)11-9-17-18(10-11)12-5-7-16-8-6-12;/h9-10,12,16H,5-8H2,1-4H3;1H. The summed E-state index contributed by atoms with van der Waals surface area (Å²) >= 11 is 0. The first-order valence-corrected chi connectivity index (χ1v) is 7.49. The minimum absolute atomic E-state index is 0. The number of aromatic nitrogens is 2. The summed E-state index contributed by atoms with van der Waals surface area (Å²) in [7, 11) is -0.310. The molecule has 0 amide bonds. The first kappa shape index (κ1) is 16.8. The van der Waals surface area contributed by atoms with Gasteiger partial charge < -0.3 is 14.6 Å². The molecule has 1 aromatic heterocycles. The molecule has 1 aromatic rings. The molecule has 3 rings (SSSR count). The van der Waals surface area contributed by atoms with E-state index in [0.717, 1.165) is 31.4 Å². The van der Waals surface area contributed by atoms with E-state index in [1.807, 2.05) is 6.20 Å². The van der Waals surface area contributed by atoms with E-state index in [4.69, 9.17) is 9.31 Å². The van der Waals surface area contributed by atoms with Crippen molar-refractivity contribution in [2.45, 2.75) is 57.8 Å². The van der Waals surface area contributed by atoms with Gasteiger partial charge >= 0.3 is 7.12 Å². The second-order valence-electron chi connectivity index (χ2n) is 6.82. The molecule has 5 nitrogen and oxygen atoms in total. The van der Waals surface area contributed by atoms with Crippen molar-refractivity contribution >= 4 is 25.0 Å². The highest BCUT2D eigenvalue weighted by Gasteiger charge is 2.52. The fraction of sp³-hybridized carbons (Fsp3) is 0.786. The minimum atomic E-state index is -0.310. The summed E-state index contributed by atoms with van der Waals surface area (Å²) in [6.45, 7) is 10.4. The van der Waals surface area contributed by atoms with Crippen LogP contribution in [0.4, 0.5) is 0 Å². The van der Waals surface area contributed by atoms with Crippen LogP contribution in [0.1, 0.15) is 46.6 Å². The number of piperidine rings is 1. The molecule has 7 heteroatoms. The van der Waals surface area contributed by atoms with Crippen molar-refractivity contribution in [2.24, 2.45) is 0 Å². The van der Waals surface area contributed by atoms with Crippen molar-refractivity contribution in [1.82, 2.24) is 15.1 Å². The molecular formula is C14H25BClN3O2. The molecule has 0 aromatic carbocycles. The first-order valence-electron chi connectivity index (χ1n) is 7.49. The summed E-state index contributed by atoms with van der Waals surface area (Å²) in [6, 6.07) is 0.493. The highest BCUT2D eigenvalue weighted by atomic mass is 35.5. The zero-order chi connectivity index (χ0) is 14.4. The Morgan fingerprint density at radius 2 is 1.76 bits per heavy atom. The van der Waals surface area contributed by atoms with Crippen LogP contribution in [-0.2, 0) is 9.31 Å². The Labute approximate surface area is 133 Å². The predicted molar refractivity (Wildman–Crippen MR) is 86.3 cm³/mol. The van der Waals surface area contributed by atoms with Crippen molar-refractivity contribution in [3.8, 4) is 0 Å². The molecule has 0 unspecified atom stereocenters. The highest BCUT2D eigenvalue weighted by molar-refractivity contribution is 6.61. The highest BCUT2D eigenvalue weighted by Crippen LogP contribution is 2.36. The van der Waals surface area contributed by atoms with Crippen LogP contribution < -0.4 is 10.8 Å². The summed E-state index contributed by atoms with van der Waals surface area (Å²) in [5.74, 6) is 0. The quantitative estimate of drug-likeness (QED) is 0.841. The smallest absolute Gasteiger partial charge is 0.399 e. The van der Waals surface area contributed by atoms with Crippen LogP contribution in [-0.4, -0.2) is 41.2 Å². The third-order valence-corrected chi connectivity index (χ3v) is 4.83. The van der Waals surface area contributed by atoms with Gasteiger partial charge in [0, 0.05) is 17.9 Å². The molecule has 0 aliphatic carbocycles. The summed E-state index contributed by atoms with van der Waals surface area (Å²) in [5, 5.41) is 7.89. The molecule has 0 atom stereocenters. The number of hydrogen-bond donors (Lipinski definition) is 1. The minimum Gasteiger partial charge on any atom is -0.399 e. The van der Waals surface area contributed by atoms with Crippen LogP contribution >= 0.6 is 12.4 Å². The summed E-state index contributed by atoms with van der Waals surface area (Å²) < 4.78 is 14.2. The van der Waals surface area contributed by atoms with E-state index in [0.29, 0.717) is 6.04 Å². The molecule has 0 spiro atoms. The fourth-order valence-electron chi connectivity index (χ4n) is 2.72. The van der Waals surface area contributed by atoms with Gasteiger partial charge in [-0.15, -0.1) is 12.4 Å². The van der Waals surface area contributed by atoms with Crippen LogP contribution in [0.3, 0.4) is 0 Å². The maximum Gasteiger partial charge on any atom is 0.498 e. The van der Waals surface area contributed by atoms with Gasteiger partial charge in [-0.1, -0.05) is 0 Å². The largest absolute Gasteiger partial charge is 0.498 e. The average molecular weight is 314 g/mol. The summed E-state index contributed by atoms with van der Waals surface area (Å²) in [5.41, 5.74) is 0.422. The lowest BCUT2D eigenvalue weighted by Gasteiger charge is -2.32. The molecule has 118 valence electrons. The maximum atomic E-state index is 6.06. The first-order chi connectivity index (χ1) is 9.39. The van der Waals surface area contributed by atoms with Crippen LogP contribution in [0.5, 0.6) is 0 Å². The number of nitrogens with one attached hydrogen (secondary N) is 1. The maximum absolute atomic E-state index is 6.06. The molecule has 0 saturated carbocycles. The number of halogens is 1. The van der Waals surface area contributed by atoms with Gasteiger partial charge in [-0.2, -0.15) is 5.10 Å². The van der Waals surface area contributed by atoms with Gasteiger partial charge in [0.1, 0.15) is 0 Å². The summed E-state index contributed by atoms with van der Waals surface area (Å²) in [6.07, 6.45) is 6.22. The van der Waals surface area contributed by atoms with E-state index >= 15 is 0 Å². The van der Waals surface area contributed by atoms with Crippen LogP contribution in [0, 0.1) is 0 Å². The number of nitrogens with zero attached hydrogens (tertiary/aromatic N) is 2. The predicted octanol–water partition coefficient (Wildman–Crippen LogP) is 1.53. The molecule has 21 heavy (non-hydrogen) atoms. The molecule has 2 fully saturated rings. The van der Waals surface area contributed by atoms with Gasteiger partial charge in [0.25, 0.3) is 0 Å². The van der Waals surface area contributed by atoms with Crippen LogP contribution in [0.15, 0.2) is 12.4 Å². The van der Waals surface area contributed by atoms with Gasteiger partial charge in [-0.25, -0.2) is 0 Å². The van der Waals surface area contributed by atoms with Crippen LogP contribution in [0.2, 0.25) is 0 Å². The molecule has 0 bridgehead atoms. The SMILES string of the molecule is CC1(C)OB(c2cnn(C3CCNCC3)c2)OC1(C)C.Cl. The summed E-state index contributed by atoms with van der Waals surface area (Å²) in [4.78, 5) is 0. The monoisotopic (exact) mass is 313 g/mol. The van der Waals surface area contributed by atoms with E-state index in [1.54, 1.807) is 0 Å². The van der Waals surface area contributed by atoms with E-state index < -0.39 is 0 Å². The van der Waals surface area contributed by atoms with Crippen LogP contribution in [0.25, 0.3) is 0 Å². The van der Waals surface area contributed by atoms with Gasteiger partial charge in [0.05, 0.1) is 17.2 Å². The Kier molecular flexibility index (Phi) is 4.73. The third kappa shape index (κ3) is 3.14. The zero-order valence-corrected chi connectivity index (χ0v) is 14.1. The van der Waals surface area contributed by atoms with Crippen molar-refractivity contribution in [3.63, 3.8) is 0 Å². The molecule has 2 aliphatic heterocycles. The zero-order valence-electron chi connectivity index (χ0n) is 13.3. The Morgan fingerprint density at radius 1 is 1.19 bits per heavy atom. The average Bonchev–Trinajstić information content (AvgIpc) is 2.94. The molecule has 0 radical (unpaired) electrons. The normalized spacial score (nSPS) is 24.9. The van der Waals surface area contributed by atoms with E-state index in [9.17, 15) is 0 Å². The van der Waals surface area contributed by atoms with Crippen molar-refractivity contribution in [3.05, 3.63) is 12.4 Å². The Bertz CT molecular complexity index is 470. The van der Waals surface area contributed by atoms with Crippen molar-refractivity contribution in [2.75, 3.05) is 13.1 Å². The lowest BCUT2D eigenvalue weighted by atomic mass is 9.82. The Hall–Kier alpha value is -0.555. The lowest BCUT2D eigenvalue weighted by Crippen LogP contribution is -2.41. The number of rotatable bonds is 2. The van der Waals surface area contributed by atoms with Gasteiger partial charge in [-0.05, 0) is 53.6 Å². The Balaban J connectivity index is 0.00000161. The number of hydrogen-bond acceptors (Lipinski definition) is 4. The fourth-order valence-corrected chi connectivity index (χ4v) is 2.72. The molecule has 1 N–H and O–H groups in total. The molecule has 2 saturated heterocycles.